The van der Waals surface area contributed by atoms with E-state index in [9.17, 15) is 49.9 Å². The number of rotatable bonds is 10. The lowest BCUT2D eigenvalue weighted by atomic mass is 9.83. The van der Waals surface area contributed by atoms with Crippen molar-refractivity contribution >= 4 is 46.4 Å². The fourth-order valence-electron chi connectivity index (χ4n) is 10.3. The van der Waals surface area contributed by atoms with Gasteiger partial charge in [-0.05, 0) is 160 Å². The molecule has 4 amide bonds. The summed E-state index contributed by atoms with van der Waals surface area (Å²) in [5.74, 6) is -7.25. The third-order valence-corrected chi connectivity index (χ3v) is 14.3. The van der Waals surface area contributed by atoms with Crippen LogP contribution in [0, 0.1) is 51.0 Å². The van der Waals surface area contributed by atoms with Crippen molar-refractivity contribution in [2.75, 3.05) is 34.8 Å². The second-order valence-electron chi connectivity index (χ2n) is 19.6. The summed E-state index contributed by atoms with van der Waals surface area (Å²) in [7, 11) is 0. The molecule has 0 radical (unpaired) electrons. The minimum Gasteiger partial charge on any atom is -0.399 e. The molecule has 3 aliphatic rings. The number of benzene rings is 6. The van der Waals surface area contributed by atoms with Gasteiger partial charge < -0.3 is 31.5 Å². The SMILES string of the molecule is C.[2H]C([2H])([2H])c1cccc(F)c1C(=O)N1CCC[C@H](C(=O)Nc2ccc(C)c(C(F)(F)F)c2)[C@@H]1c1ccc(N)cc1.[2H]C([2H])([2H])c1cccc(F)c1C(=O)N1CCC[C@H](C(=O)Nc2ccc(C)c(C(F)(F)F)c2)[C@@H]1c1ccc(NC2CC([2H])([2H])C([2H])([2H])C2)cc1. The molecular weight excluding hydrogens is 1040 g/mol. The van der Waals surface area contributed by atoms with Crippen LogP contribution >= 0.6 is 0 Å². The Bertz CT molecular complexity index is 3610. The van der Waals surface area contributed by atoms with Gasteiger partial charge in [0.15, 0.2) is 0 Å². The van der Waals surface area contributed by atoms with Crippen LogP contribution in [0.15, 0.2) is 121 Å². The molecule has 3 fully saturated rings. The summed E-state index contributed by atoms with van der Waals surface area (Å²) in [4.78, 5) is 57.8. The molecule has 1 saturated carbocycles. The van der Waals surface area contributed by atoms with Gasteiger partial charge in [-0.3, -0.25) is 19.2 Å². The highest BCUT2D eigenvalue weighted by Crippen LogP contribution is 2.42. The highest BCUT2D eigenvalue weighted by molar-refractivity contribution is 5.99. The Kier molecular flexibility index (Phi) is 14.8. The minimum atomic E-state index is -4.67. The van der Waals surface area contributed by atoms with Crippen LogP contribution < -0.4 is 21.7 Å². The van der Waals surface area contributed by atoms with Crippen LogP contribution in [0.4, 0.5) is 57.9 Å². The van der Waals surface area contributed by atoms with Gasteiger partial charge in [-0.2, -0.15) is 26.3 Å². The zero-order valence-corrected chi connectivity index (χ0v) is 42.7. The number of piperidine rings is 2. The number of hydrogen-bond donors (Lipinski definition) is 4. The molecule has 5 N–H and O–H groups in total. The monoisotopic (exact) mass is 1120 g/mol. The fraction of sp³-hybridized carbons (Fsp3) is 0.355. The molecule has 424 valence electrons. The van der Waals surface area contributed by atoms with E-state index >= 15 is 4.39 Å². The summed E-state index contributed by atoms with van der Waals surface area (Å²) in [6.45, 7) is -2.89. The molecule has 6 aromatic rings. The van der Waals surface area contributed by atoms with Gasteiger partial charge in [0.25, 0.3) is 11.8 Å². The smallest absolute Gasteiger partial charge is 0.399 e. The average molecular weight is 1120 g/mol. The Hall–Kier alpha value is -7.76. The maximum absolute atomic E-state index is 15.3. The van der Waals surface area contributed by atoms with E-state index in [1.807, 2.05) is 0 Å². The van der Waals surface area contributed by atoms with Crippen LogP contribution in [-0.4, -0.2) is 52.6 Å². The summed E-state index contributed by atoms with van der Waals surface area (Å²) >= 11 is 0. The molecule has 2 saturated heterocycles. The van der Waals surface area contributed by atoms with Crippen molar-refractivity contribution in [2.24, 2.45) is 11.8 Å². The number of alkyl halides is 6. The first-order chi connectivity index (χ1) is 41.4. The summed E-state index contributed by atoms with van der Waals surface area (Å²) in [5.41, 5.74) is 3.36. The first-order valence-electron chi connectivity index (χ1n) is 30.3. The molecule has 6 aromatic carbocycles. The molecule has 0 aromatic heterocycles. The number of aryl methyl sites for hydroxylation is 4. The van der Waals surface area contributed by atoms with Crippen LogP contribution in [0.3, 0.4) is 0 Å². The summed E-state index contributed by atoms with van der Waals surface area (Å²) < 4.78 is 191. The average Bonchev–Trinajstić information content (AvgIpc) is 1.06. The van der Waals surface area contributed by atoms with E-state index in [0.29, 0.717) is 28.9 Å². The quantitative estimate of drug-likeness (QED) is 0.0797. The van der Waals surface area contributed by atoms with E-state index in [1.165, 1.54) is 60.0 Å². The number of hydrogen-bond acceptors (Lipinski definition) is 6. The topological polar surface area (TPSA) is 137 Å². The van der Waals surface area contributed by atoms with Crippen LogP contribution in [-0.2, 0) is 21.9 Å². The fourth-order valence-corrected chi connectivity index (χ4v) is 10.3. The van der Waals surface area contributed by atoms with Gasteiger partial charge in [-0.1, -0.05) is 80.8 Å². The third kappa shape index (κ3) is 13.6. The highest BCUT2D eigenvalue weighted by Gasteiger charge is 2.43. The first kappa shape index (κ1) is 47.1. The largest absolute Gasteiger partial charge is 0.416 e. The number of carbonyl (C=O) groups is 4. The molecule has 2 aliphatic heterocycles. The summed E-state index contributed by atoms with van der Waals surface area (Å²) in [6, 6.07) is 23.6. The molecular formula is C62H66F8N6O4. The molecule has 0 unspecified atom stereocenters. The predicted molar refractivity (Wildman–Crippen MR) is 295 cm³/mol. The summed E-state index contributed by atoms with van der Waals surface area (Å²) in [5, 5.41) is 8.21. The van der Waals surface area contributed by atoms with E-state index in [1.54, 1.807) is 48.5 Å². The Morgan fingerprint density at radius 2 is 0.963 bits per heavy atom. The molecule has 80 heavy (non-hydrogen) atoms. The van der Waals surface area contributed by atoms with Gasteiger partial charge >= 0.3 is 12.4 Å². The minimum absolute atomic E-state index is 0. The zero-order valence-electron chi connectivity index (χ0n) is 52.7. The van der Waals surface area contributed by atoms with Crippen molar-refractivity contribution in [3.05, 3.63) is 189 Å². The van der Waals surface area contributed by atoms with Crippen molar-refractivity contribution in [1.82, 2.24) is 9.80 Å². The molecule has 1 aliphatic carbocycles. The molecule has 10 nitrogen and oxygen atoms in total. The van der Waals surface area contributed by atoms with E-state index in [2.05, 4.69) is 16.0 Å². The Balaban J connectivity index is 0.000000258. The second-order valence-corrected chi connectivity index (χ2v) is 19.6. The van der Waals surface area contributed by atoms with Gasteiger partial charge in [-0.15, -0.1) is 0 Å². The molecule has 4 atom stereocenters. The number of amides is 4. The van der Waals surface area contributed by atoms with Gasteiger partial charge in [0.2, 0.25) is 11.8 Å². The standard InChI is InChI=1S/C33H35F4N3O2.C28H27F4N3O2.CH4/c1-20-12-15-25(19-27(20)33(35,36)37)39-31(41)26-10-6-18-40(32(42)29-21(2)7-5-11-28(29)34)30(26)22-13-16-24(17-14-22)38-23-8-3-4-9-23;1-16-8-13-20(15-22(16)28(30,31)32)34-26(36)21-6-4-14-35(25(21)18-9-11-19(33)12-10-18)27(37)24-17(2)5-3-7-23(24)29;/h5,7,11-17,19,23,26,30,38H,3-4,6,8-10,18H2,1-2H3,(H,39,41);3,5,7-13,15,21,25H,4,6,14,33H2,1-2H3,(H,34,36);1H4/t26-,30-;21-,25-;/m00./s1/i2D3,3D2,4D2;2D3;. The maximum atomic E-state index is 15.3. The van der Waals surface area contributed by atoms with Gasteiger partial charge in [0, 0.05) is 55.6 Å². The second kappa shape index (κ2) is 25.1. The predicted octanol–water partition coefficient (Wildman–Crippen LogP) is 15.0. The van der Waals surface area contributed by atoms with Crippen molar-refractivity contribution in [2.45, 2.75) is 117 Å². The lowest BCUT2D eigenvalue weighted by Crippen LogP contribution is -2.46. The number of halogens is 8. The normalized spacial score (nSPS) is 22.0. The molecule has 0 spiro atoms. The van der Waals surface area contributed by atoms with Gasteiger partial charge in [0.1, 0.15) is 11.6 Å². The molecule has 18 heteroatoms. The van der Waals surface area contributed by atoms with Crippen LogP contribution in [0.2, 0.25) is 0 Å². The van der Waals surface area contributed by atoms with E-state index in [0.717, 1.165) is 36.4 Å². The number of likely N-dealkylation sites (tertiary alicyclic amines) is 2. The van der Waals surface area contributed by atoms with Crippen molar-refractivity contribution in [3.63, 3.8) is 0 Å². The lowest BCUT2D eigenvalue weighted by Gasteiger charge is -2.41. The Morgan fingerprint density at radius 1 is 0.562 bits per heavy atom. The van der Waals surface area contributed by atoms with E-state index in [-0.39, 0.29) is 75.1 Å². The number of nitrogens with zero attached hydrogens (tertiary/aromatic N) is 2. The number of carbonyl (C=O) groups excluding carboxylic acids is 4. The van der Waals surface area contributed by atoms with E-state index < -0.39 is 137 Å². The van der Waals surface area contributed by atoms with Crippen molar-refractivity contribution in [3.8, 4) is 0 Å². The molecule has 0 bridgehead atoms. The number of nitrogens with one attached hydrogen (secondary N) is 3. The van der Waals surface area contributed by atoms with Gasteiger partial charge in [0.05, 0.1) is 46.2 Å². The van der Waals surface area contributed by atoms with Crippen LogP contribution in [0.25, 0.3) is 0 Å². The Labute approximate surface area is 475 Å². The molecule has 2 heterocycles. The third-order valence-electron chi connectivity index (χ3n) is 14.3. The van der Waals surface area contributed by atoms with E-state index in [4.69, 9.17) is 19.4 Å². The van der Waals surface area contributed by atoms with Crippen LogP contribution in [0.1, 0.15) is 150 Å². The number of anilines is 4. The van der Waals surface area contributed by atoms with Crippen molar-refractivity contribution < 1.29 is 68.0 Å². The summed E-state index contributed by atoms with van der Waals surface area (Å²) in [6.07, 6.45) is -12.5. The highest BCUT2D eigenvalue weighted by atomic mass is 19.4. The van der Waals surface area contributed by atoms with Gasteiger partial charge in [-0.25, -0.2) is 8.78 Å². The van der Waals surface area contributed by atoms with Crippen LogP contribution in [0.5, 0.6) is 0 Å². The first-order valence-corrected chi connectivity index (χ1v) is 25.3. The lowest BCUT2D eigenvalue weighted by molar-refractivity contribution is -0.138. The molecule has 9 rings (SSSR count). The number of nitrogen functional groups attached to an aromatic ring is 1. The number of nitrogens with two attached hydrogens (primary N) is 1. The maximum Gasteiger partial charge on any atom is 0.416 e. The van der Waals surface area contributed by atoms with Crippen molar-refractivity contribution in [1.29, 1.82) is 0 Å². The zero-order chi connectivity index (χ0) is 65.5. The Morgan fingerprint density at radius 3 is 1.36 bits per heavy atom.